The molecule has 0 spiro atoms. The minimum atomic E-state index is 0. The molecule has 0 bridgehead atoms. The van der Waals surface area contributed by atoms with Gasteiger partial charge in [-0.05, 0) is 59.0 Å². The minimum Gasteiger partial charge on any atom is -0.495 e. The predicted molar refractivity (Wildman–Crippen MR) is 249 cm³/mol. The molecule has 0 amide bonds. The van der Waals surface area contributed by atoms with Crippen LogP contribution in [0.4, 0.5) is 0 Å². The van der Waals surface area contributed by atoms with Crippen molar-refractivity contribution >= 4 is 43.5 Å². The van der Waals surface area contributed by atoms with Gasteiger partial charge in [0.2, 0.25) is 0 Å². The molecule has 6 heteroatoms. The van der Waals surface area contributed by atoms with Crippen LogP contribution in [-0.2, 0) is 33.9 Å². The third-order valence-electron chi connectivity index (χ3n) is 10.8. The molecule has 0 fully saturated rings. The van der Waals surface area contributed by atoms with Gasteiger partial charge in [0.25, 0.3) is 0 Å². The van der Waals surface area contributed by atoms with E-state index in [2.05, 4.69) is 77.9 Å². The van der Waals surface area contributed by atoms with Crippen LogP contribution in [0.3, 0.4) is 0 Å². The number of ether oxygens (including phenoxy) is 1. The molecule has 0 N–H and O–H groups in total. The topological polar surface area (TPSA) is 61.3 Å². The first kappa shape index (κ1) is 38.6. The second kappa shape index (κ2) is 16.2. The van der Waals surface area contributed by atoms with Gasteiger partial charge in [-0.25, -0.2) is 0 Å². The number of furan rings is 2. The number of rotatable bonds is 8. The van der Waals surface area contributed by atoms with Crippen LogP contribution in [0.5, 0.6) is 11.5 Å². The molecule has 4 heterocycles. The van der Waals surface area contributed by atoms with E-state index in [-0.39, 0.29) is 31.9 Å². The van der Waals surface area contributed by atoms with Crippen LogP contribution >= 0.6 is 0 Å². The first-order valence-corrected chi connectivity index (χ1v) is 20.8. The molecule has 10 rings (SSSR count). The van der Waals surface area contributed by atoms with E-state index in [0.29, 0.717) is 79.6 Å². The van der Waals surface area contributed by atoms with Gasteiger partial charge in [-0.2, -0.15) is 0 Å². The average Bonchev–Trinajstić information content (AvgIpc) is 3.79. The van der Waals surface area contributed by atoms with Gasteiger partial charge < -0.3 is 23.5 Å². The van der Waals surface area contributed by atoms with Gasteiger partial charge in [-0.1, -0.05) is 172 Å². The monoisotopic (exact) mass is 991 g/mol. The standard InChI is InChI=1S/C56H46N2O3.Pt/c1-55(2,3)33-35-15-19-37(20-16-35)47-29-41-23-25-57-51(53(41)60-47)43-27-39-11-7-9-13-45(39)49(31-43)59-50-32-44(28-40-12-8-10-14-46(40)50)52-54-42(24-26-58-52)30-48(61-54)38-21-17-36(18-22-38)34-56(4,5)6;/h7-30H,33-34H2,1-6H3;/q-2;+2/i29D,30D;. The van der Waals surface area contributed by atoms with Crippen molar-refractivity contribution in [2.45, 2.75) is 54.4 Å². The van der Waals surface area contributed by atoms with Gasteiger partial charge in [-0.15, -0.1) is 23.3 Å². The van der Waals surface area contributed by atoms with Crippen LogP contribution in [-0.4, -0.2) is 9.97 Å². The van der Waals surface area contributed by atoms with E-state index in [1.54, 1.807) is 12.4 Å². The summed E-state index contributed by atoms with van der Waals surface area (Å²) in [5.74, 6) is 1.97. The largest absolute Gasteiger partial charge is 2.00 e. The Kier molecular flexibility index (Phi) is 10.1. The molecule has 0 saturated heterocycles. The van der Waals surface area contributed by atoms with Gasteiger partial charge >= 0.3 is 21.1 Å². The van der Waals surface area contributed by atoms with Crippen molar-refractivity contribution in [3.05, 3.63) is 169 Å². The average molecular weight is 992 g/mol. The molecule has 0 saturated carbocycles. The van der Waals surface area contributed by atoms with Crippen molar-refractivity contribution in [1.29, 1.82) is 0 Å². The van der Waals surface area contributed by atoms with E-state index >= 15 is 0 Å². The van der Waals surface area contributed by atoms with E-state index in [1.165, 1.54) is 11.1 Å². The van der Waals surface area contributed by atoms with Crippen LogP contribution in [0, 0.1) is 23.0 Å². The SMILES string of the molecule is [2H]c1c(-c2ccc(CC(C)(C)C)cc2)oc2c(-c3[c-]c(Oc4[c-]c(-c5nccc6c([2H])c(-c7ccc(CC(C)(C)C)cc7)oc56)cc5ccccc45)c4ccccc4c3)nccc12.[Pt+2]. The normalized spacial score (nSPS) is 12.5. The van der Waals surface area contributed by atoms with Crippen molar-refractivity contribution < 1.29 is 37.4 Å². The third kappa shape index (κ3) is 8.35. The number of benzene rings is 6. The molecule has 10 aromatic rings. The molecule has 0 radical (unpaired) electrons. The molecule has 62 heavy (non-hydrogen) atoms. The number of fused-ring (bicyclic) bond motifs is 4. The number of hydrogen-bond donors (Lipinski definition) is 0. The Bertz CT molecular complexity index is 3130. The second-order valence-corrected chi connectivity index (χ2v) is 18.4. The fraction of sp³-hybridized carbons (Fsp3) is 0.179. The molecule has 6 aromatic carbocycles. The van der Waals surface area contributed by atoms with Gasteiger partial charge in [0, 0.05) is 45.7 Å². The summed E-state index contributed by atoms with van der Waals surface area (Å²) in [7, 11) is 0. The van der Waals surface area contributed by atoms with E-state index in [1.807, 2.05) is 97.1 Å². The van der Waals surface area contributed by atoms with Gasteiger partial charge in [-0.3, -0.25) is 0 Å². The molecule has 0 aliphatic carbocycles. The number of pyridine rings is 2. The Morgan fingerprint density at radius 3 is 1.34 bits per heavy atom. The summed E-state index contributed by atoms with van der Waals surface area (Å²) in [6, 6.07) is 48.1. The van der Waals surface area contributed by atoms with Gasteiger partial charge in [0.1, 0.15) is 22.7 Å². The van der Waals surface area contributed by atoms with E-state index in [4.69, 9.17) is 26.3 Å². The summed E-state index contributed by atoms with van der Waals surface area (Å²) in [5, 5.41) is 4.91. The molecule has 0 aliphatic heterocycles. The summed E-state index contributed by atoms with van der Waals surface area (Å²) in [6.45, 7) is 13.4. The molecule has 5 nitrogen and oxygen atoms in total. The number of aromatic nitrogens is 2. The molecular weight excluding hydrogens is 944 g/mol. The van der Waals surface area contributed by atoms with Crippen LogP contribution in [0.2, 0.25) is 0 Å². The first-order chi connectivity index (χ1) is 30.3. The summed E-state index contributed by atoms with van der Waals surface area (Å²) < 4.78 is 38.4. The first-order valence-electron chi connectivity index (χ1n) is 21.8. The molecule has 0 aliphatic rings. The second-order valence-electron chi connectivity index (χ2n) is 18.4. The Hall–Kier alpha value is -6.29. The Balaban J connectivity index is 0.00000518. The van der Waals surface area contributed by atoms with Gasteiger partial charge in [0.15, 0.2) is 0 Å². The van der Waals surface area contributed by atoms with Crippen molar-refractivity contribution in [1.82, 2.24) is 9.97 Å². The molecule has 4 aromatic heterocycles. The predicted octanol–water partition coefficient (Wildman–Crippen LogP) is 15.5. The maximum Gasteiger partial charge on any atom is 2.00 e. The molecular formula is C56H46N2O3Pt. The van der Waals surface area contributed by atoms with Crippen molar-refractivity contribution in [3.8, 4) is 56.7 Å². The van der Waals surface area contributed by atoms with Crippen molar-refractivity contribution in [2.75, 3.05) is 0 Å². The maximum absolute atomic E-state index is 9.16. The van der Waals surface area contributed by atoms with Crippen LogP contribution in [0.1, 0.15) is 55.4 Å². The van der Waals surface area contributed by atoms with Crippen LogP contribution in [0.25, 0.3) is 88.6 Å². The molecule has 308 valence electrons. The van der Waals surface area contributed by atoms with Crippen LogP contribution < -0.4 is 4.74 Å². The number of hydrogen-bond acceptors (Lipinski definition) is 5. The van der Waals surface area contributed by atoms with E-state index in [9.17, 15) is 0 Å². The number of nitrogens with zero attached hydrogens (tertiary/aromatic N) is 2. The zero-order valence-electron chi connectivity index (χ0n) is 37.6. The van der Waals surface area contributed by atoms with E-state index < -0.39 is 0 Å². The zero-order chi connectivity index (χ0) is 43.6. The smallest absolute Gasteiger partial charge is 0.495 e. The van der Waals surface area contributed by atoms with Crippen molar-refractivity contribution in [3.63, 3.8) is 0 Å². The maximum atomic E-state index is 9.16. The third-order valence-corrected chi connectivity index (χ3v) is 10.8. The van der Waals surface area contributed by atoms with Crippen molar-refractivity contribution in [2.24, 2.45) is 10.8 Å². The quantitative estimate of drug-likeness (QED) is 0.142. The zero-order valence-corrected chi connectivity index (χ0v) is 37.8. The summed E-state index contributed by atoms with van der Waals surface area (Å²) in [4.78, 5) is 9.62. The van der Waals surface area contributed by atoms with Crippen LogP contribution in [0.15, 0.2) is 155 Å². The molecule has 0 unspecified atom stereocenters. The summed E-state index contributed by atoms with van der Waals surface area (Å²) in [5.41, 5.74) is 7.98. The summed E-state index contributed by atoms with van der Waals surface area (Å²) in [6.07, 6.45) is 5.34. The Morgan fingerprint density at radius 2 is 0.935 bits per heavy atom. The Labute approximate surface area is 379 Å². The van der Waals surface area contributed by atoms with Gasteiger partial charge in [0.05, 0.1) is 14.2 Å². The van der Waals surface area contributed by atoms with E-state index in [0.717, 1.165) is 45.5 Å². The fourth-order valence-electron chi connectivity index (χ4n) is 8.16. The summed E-state index contributed by atoms with van der Waals surface area (Å²) >= 11 is 0. The Morgan fingerprint density at radius 1 is 0.532 bits per heavy atom. The molecule has 0 atom stereocenters. The fourth-order valence-corrected chi connectivity index (χ4v) is 8.16. The minimum absolute atomic E-state index is 0.